The zero-order valence-electron chi connectivity index (χ0n) is 14.0. The van der Waals surface area contributed by atoms with Crippen molar-refractivity contribution in [3.05, 3.63) is 28.8 Å². The fourth-order valence-electron chi connectivity index (χ4n) is 2.20. The predicted molar refractivity (Wildman–Crippen MR) is 90.5 cm³/mol. The first-order chi connectivity index (χ1) is 10.5. The normalized spacial score (nSPS) is 13.5. The van der Waals surface area contributed by atoms with Crippen LogP contribution in [0.4, 0.5) is 0 Å². The van der Waals surface area contributed by atoms with E-state index in [9.17, 15) is 4.79 Å². The van der Waals surface area contributed by atoms with Crippen LogP contribution in [0.1, 0.15) is 52.0 Å². The van der Waals surface area contributed by atoms with E-state index in [0.717, 1.165) is 18.4 Å². The monoisotopic (exact) mass is 326 g/mol. The van der Waals surface area contributed by atoms with Crippen molar-refractivity contribution in [1.29, 1.82) is 0 Å². The van der Waals surface area contributed by atoms with Gasteiger partial charge in [-0.05, 0) is 49.9 Å². The van der Waals surface area contributed by atoms with Crippen LogP contribution in [0.25, 0.3) is 0 Å². The Balaban J connectivity index is 2.47. The van der Waals surface area contributed by atoms with Crippen molar-refractivity contribution in [2.24, 2.45) is 5.92 Å². The van der Waals surface area contributed by atoms with Crippen molar-refractivity contribution in [2.45, 2.75) is 59.5 Å². The van der Waals surface area contributed by atoms with E-state index in [0.29, 0.717) is 23.3 Å². The second-order valence-corrected chi connectivity index (χ2v) is 6.15. The van der Waals surface area contributed by atoms with Crippen LogP contribution < -0.4 is 4.74 Å². The molecule has 0 bridgehead atoms. The Morgan fingerprint density at radius 3 is 2.64 bits per heavy atom. The summed E-state index contributed by atoms with van der Waals surface area (Å²) in [6.07, 6.45) is 3.85. The van der Waals surface area contributed by atoms with Gasteiger partial charge in [-0.15, -0.1) is 0 Å². The highest BCUT2D eigenvalue weighted by Crippen LogP contribution is 2.23. The van der Waals surface area contributed by atoms with Gasteiger partial charge in [0.15, 0.2) is 6.10 Å². The summed E-state index contributed by atoms with van der Waals surface area (Å²) in [5.74, 6) is 0.782. The molecule has 0 spiro atoms. The maximum Gasteiger partial charge on any atom is 0.347 e. The Morgan fingerprint density at radius 1 is 1.32 bits per heavy atom. The number of hydrogen-bond acceptors (Lipinski definition) is 3. The van der Waals surface area contributed by atoms with Gasteiger partial charge >= 0.3 is 5.97 Å². The molecule has 0 amide bonds. The second-order valence-electron chi connectivity index (χ2n) is 5.72. The number of unbranched alkanes of at least 4 members (excludes halogenated alkanes) is 1. The van der Waals surface area contributed by atoms with Gasteiger partial charge in [-0.25, -0.2) is 4.79 Å². The minimum absolute atomic E-state index is 0.315. The molecule has 22 heavy (non-hydrogen) atoms. The summed E-state index contributed by atoms with van der Waals surface area (Å²) < 4.78 is 11.1. The lowest BCUT2D eigenvalue weighted by atomic mass is 10.0. The molecule has 0 saturated carbocycles. The molecule has 2 atom stereocenters. The van der Waals surface area contributed by atoms with Crippen molar-refractivity contribution < 1.29 is 14.3 Å². The molecule has 124 valence electrons. The number of benzene rings is 1. The smallest absolute Gasteiger partial charge is 0.347 e. The van der Waals surface area contributed by atoms with Crippen molar-refractivity contribution in [1.82, 2.24) is 0 Å². The van der Waals surface area contributed by atoms with Crippen molar-refractivity contribution >= 4 is 17.6 Å². The lowest BCUT2D eigenvalue weighted by Crippen LogP contribution is -2.28. The number of esters is 1. The van der Waals surface area contributed by atoms with Gasteiger partial charge in [0.2, 0.25) is 0 Å². The molecule has 4 heteroatoms. The van der Waals surface area contributed by atoms with E-state index >= 15 is 0 Å². The van der Waals surface area contributed by atoms with E-state index < -0.39 is 6.10 Å². The minimum atomic E-state index is -0.622. The molecule has 1 rings (SSSR count). The van der Waals surface area contributed by atoms with E-state index in [-0.39, 0.29) is 5.97 Å². The molecule has 0 fully saturated rings. The van der Waals surface area contributed by atoms with Crippen molar-refractivity contribution in [2.75, 3.05) is 6.61 Å². The Hall–Kier alpha value is -1.22. The van der Waals surface area contributed by atoms with E-state index in [4.69, 9.17) is 21.1 Å². The van der Waals surface area contributed by atoms with E-state index in [1.807, 2.05) is 13.0 Å². The molecule has 0 radical (unpaired) electrons. The highest BCUT2D eigenvalue weighted by atomic mass is 35.5. The molecule has 1 aromatic carbocycles. The van der Waals surface area contributed by atoms with E-state index in [1.54, 1.807) is 19.1 Å². The summed E-state index contributed by atoms with van der Waals surface area (Å²) in [6.45, 7) is 8.39. The van der Waals surface area contributed by atoms with Gasteiger partial charge in [0.05, 0.1) is 6.61 Å². The van der Waals surface area contributed by atoms with Crippen LogP contribution in [0, 0.1) is 12.8 Å². The SMILES string of the molecule is CCCC[C@H](CC)COC(=O)[C@@H](C)Oc1ccc(Cl)cc1C. The largest absolute Gasteiger partial charge is 0.479 e. The molecule has 0 aliphatic heterocycles. The number of aryl methyl sites for hydroxylation is 1. The van der Waals surface area contributed by atoms with Gasteiger partial charge in [0.25, 0.3) is 0 Å². The standard InChI is InChI=1S/C18H27ClO3/c1-5-7-8-15(6-2)12-21-18(20)14(4)22-17-10-9-16(19)11-13(17)3/h9-11,14-15H,5-8,12H2,1-4H3/t14-,15+/m1/s1. The Kier molecular flexibility index (Phi) is 8.32. The highest BCUT2D eigenvalue weighted by Gasteiger charge is 2.19. The van der Waals surface area contributed by atoms with E-state index in [1.165, 1.54) is 12.8 Å². The maximum atomic E-state index is 12.0. The van der Waals surface area contributed by atoms with Crippen LogP contribution in [0.2, 0.25) is 5.02 Å². The van der Waals surface area contributed by atoms with Gasteiger partial charge in [0.1, 0.15) is 5.75 Å². The summed E-state index contributed by atoms with van der Waals surface area (Å²) >= 11 is 5.91. The topological polar surface area (TPSA) is 35.5 Å². The number of halogens is 1. The van der Waals surface area contributed by atoms with Gasteiger partial charge in [-0.3, -0.25) is 0 Å². The van der Waals surface area contributed by atoms with Crippen LogP contribution in [0.15, 0.2) is 18.2 Å². The van der Waals surface area contributed by atoms with Gasteiger partial charge in [0, 0.05) is 5.02 Å². The Bertz CT molecular complexity index is 473. The quantitative estimate of drug-likeness (QED) is 0.587. The molecule has 1 aromatic rings. The predicted octanol–water partition coefficient (Wildman–Crippen LogP) is 5.18. The molecule has 0 unspecified atom stereocenters. The molecule has 3 nitrogen and oxygen atoms in total. The van der Waals surface area contributed by atoms with Crippen molar-refractivity contribution in [3.8, 4) is 5.75 Å². The van der Waals surface area contributed by atoms with Crippen LogP contribution >= 0.6 is 11.6 Å². The zero-order chi connectivity index (χ0) is 16.5. The Morgan fingerprint density at radius 2 is 2.05 bits per heavy atom. The van der Waals surface area contributed by atoms with Crippen LogP contribution in [-0.2, 0) is 9.53 Å². The maximum absolute atomic E-state index is 12.0. The van der Waals surface area contributed by atoms with E-state index in [2.05, 4.69) is 13.8 Å². The molecule has 0 aliphatic carbocycles. The summed E-state index contributed by atoms with van der Waals surface area (Å²) in [7, 11) is 0. The third-order valence-corrected chi connectivity index (χ3v) is 4.01. The number of carbonyl (C=O) groups is 1. The average molecular weight is 327 g/mol. The van der Waals surface area contributed by atoms with Crippen molar-refractivity contribution in [3.63, 3.8) is 0 Å². The fourth-order valence-corrected chi connectivity index (χ4v) is 2.43. The number of ether oxygens (including phenoxy) is 2. The summed E-state index contributed by atoms with van der Waals surface area (Å²) in [5, 5.41) is 0.654. The molecule has 0 aromatic heterocycles. The summed E-state index contributed by atoms with van der Waals surface area (Å²) in [4.78, 5) is 12.0. The van der Waals surface area contributed by atoms with Crippen LogP contribution in [0.5, 0.6) is 5.75 Å². The minimum Gasteiger partial charge on any atom is -0.479 e. The average Bonchev–Trinajstić information content (AvgIpc) is 2.49. The second kappa shape index (κ2) is 9.73. The molecule has 0 heterocycles. The van der Waals surface area contributed by atoms with Crippen LogP contribution in [0.3, 0.4) is 0 Å². The fraction of sp³-hybridized carbons (Fsp3) is 0.611. The first-order valence-corrected chi connectivity index (χ1v) is 8.45. The highest BCUT2D eigenvalue weighted by molar-refractivity contribution is 6.30. The first-order valence-electron chi connectivity index (χ1n) is 8.07. The van der Waals surface area contributed by atoms with Gasteiger partial charge in [-0.1, -0.05) is 44.7 Å². The number of rotatable bonds is 9. The lowest BCUT2D eigenvalue weighted by molar-refractivity contribution is -0.152. The third kappa shape index (κ3) is 6.27. The summed E-state index contributed by atoms with van der Waals surface area (Å²) in [6, 6.07) is 5.34. The summed E-state index contributed by atoms with van der Waals surface area (Å²) in [5.41, 5.74) is 0.904. The first kappa shape index (κ1) is 18.8. The third-order valence-electron chi connectivity index (χ3n) is 3.78. The van der Waals surface area contributed by atoms with Gasteiger partial charge < -0.3 is 9.47 Å². The number of hydrogen-bond donors (Lipinski definition) is 0. The molecular formula is C18H27ClO3. The molecule has 0 aliphatic rings. The molecule has 0 N–H and O–H groups in total. The molecule has 0 saturated heterocycles. The van der Waals surface area contributed by atoms with Gasteiger partial charge in [-0.2, -0.15) is 0 Å². The van der Waals surface area contributed by atoms with Crippen LogP contribution in [-0.4, -0.2) is 18.7 Å². The zero-order valence-corrected chi connectivity index (χ0v) is 14.8. The Labute approximate surface area is 139 Å². The lowest BCUT2D eigenvalue weighted by Gasteiger charge is -2.18. The molecular weight excluding hydrogens is 300 g/mol. The number of carbonyl (C=O) groups excluding carboxylic acids is 1.